The van der Waals surface area contributed by atoms with Gasteiger partial charge in [-0.25, -0.2) is 9.78 Å². The van der Waals surface area contributed by atoms with Gasteiger partial charge in [0.25, 0.3) is 0 Å². The van der Waals surface area contributed by atoms with Crippen LogP contribution >= 0.6 is 11.6 Å². The summed E-state index contributed by atoms with van der Waals surface area (Å²) < 4.78 is 41.6. The summed E-state index contributed by atoms with van der Waals surface area (Å²) >= 11 is 6.32. The Morgan fingerprint density at radius 1 is 1.17 bits per heavy atom. The van der Waals surface area contributed by atoms with E-state index in [1.165, 1.54) is 6.20 Å². The van der Waals surface area contributed by atoms with Crippen molar-refractivity contribution in [1.29, 1.82) is 0 Å². The van der Waals surface area contributed by atoms with E-state index in [0.29, 0.717) is 30.4 Å². The van der Waals surface area contributed by atoms with Gasteiger partial charge < -0.3 is 16.0 Å². The summed E-state index contributed by atoms with van der Waals surface area (Å²) in [5, 5.41) is 8.14. The molecule has 5 rings (SSSR count). The number of rotatable bonds is 3. The fourth-order valence-electron chi connectivity index (χ4n) is 4.98. The number of nitrogens with zero attached hydrogens (tertiary/aromatic N) is 4. The molecule has 1 fully saturated rings. The number of nitrogen functional groups attached to an aromatic ring is 1. The third-order valence-electron chi connectivity index (χ3n) is 6.89. The monoisotopic (exact) mass is 504 g/mol. The molecule has 11 heteroatoms. The molecule has 0 atom stereocenters. The third-order valence-corrected chi connectivity index (χ3v) is 7.22. The van der Waals surface area contributed by atoms with E-state index in [2.05, 4.69) is 15.4 Å². The molecule has 0 saturated carbocycles. The Morgan fingerprint density at radius 2 is 1.89 bits per heavy atom. The Labute approximate surface area is 205 Å². The van der Waals surface area contributed by atoms with Crippen molar-refractivity contribution in [2.24, 2.45) is 0 Å². The van der Waals surface area contributed by atoms with Crippen LogP contribution in [0.2, 0.25) is 5.02 Å². The van der Waals surface area contributed by atoms with E-state index in [9.17, 15) is 18.0 Å². The second-order valence-corrected chi connectivity index (χ2v) is 10.1. The lowest BCUT2D eigenvalue weighted by Crippen LogP contribution is -2.64. The van der Waals surface area contributed by atoms with E-state index in [4.69, 9.17) is 17.3 Å². The maximum absolute atomic E-state index is 13.3. The maximum Gasteiger partial charge on any atom is 0.419 e. The van der Waals surface area contributed by atoms with Crippen molar-refractivity contribution in [2.75, 3.05) is 18.8 Å². The zero-order chi connectivity index (χ0) is 25.2. The number of amides is 2. The molecule has 7 nitrogen and oxygen atoms in total. The van der Waals surface area contributed by atoms with E-state index >= 15 is 0 Å². The van der Waals surface area contributed by atoms with E-state index in [1.807, 2.05) is 36.7 Å². The molecule has 2 aromatic heterocycles. The number of pyridine rings is 1. The van der Waals surface area contributed by atoms with Crippen molar-refractivity contribution < 1.29 is 18.0 Å². The molecular weight excluding hydrogens is 481 g/mol. The van der Waals surface area contributed by atoms with E-state index in [0.717, 1.165) is 23.7 Å². The Morgan fingerprint density at radius 3 is 2.57 bits per heavy atom. The lowest BCUT2D eigenvalue weighted by molar-refractivity contribution is -0.137. The first-order valence-electron chi connectivity index (χ1n) is 11.1. The second-order valence-electron chi connectivity index (χ2n) is 9.71. The van der Waals surface area contributed by atoms with Crippen molar-refractivity contribution in [1.82, 2.24) is 25.0 Å². The number of aromatic nitrogens is 3. The molecule has 0 unspecified atom stereocenters. The summed E-state index contributed by atoms with van der Waals surface area (Å²) in [4.78, 5) is 18.4. The van der Waals surface area contributed by atoms with Gasteiger partial charge in [0.15, 0.2) is 0 Å². The SMILES string of the molecule is CC(C)(NC(=O)N1CC2(CCn3nc(-c4cnc(N)c(C(F)(F)F)c4)cc32)C1)c1ccccc1Cl. The number of fused-ring (bicyclic) bond motifs is 2. The first-order valence-corrected chi connectivity index (χ1v) is 11.5. The topological polar surface area (TPSA) is 89.1 Å². The number of nitrogens with one attached hydrogen (secondary N) is 1. The number of anilines is 1. The number of benzene rings is 1. The Kier molecular flexibility index (Phi) is 5.28. The molecule has 1 spiro atoms. The molecule has 0 aliphatic carbocycles. The zero-order valence-corrected chi connectivity index (χ0v) is 19.9. The highest BCUT2D eigenvalue weighted by molar-refractivity contribution is 6.31. The summed E-state index contributed by atoms with van der Waals surface area (Å²) in [6.45, 7) is 5.42. The highest BCUT2D eigenvalue weighted by Gasteiger charge is 2.52. The highest BCUT2D eigenvalue weighted by atomic mass is 35.5. The van der Waals surface area contributed by atoms with Crippen LogP contribution in [0.1, 0.15) is 37.1 Å². The molecule has 4 heterocycles. The zero-order valence-electron chi connectivity index (χ0n) is 19.2. The average Bonchev–Trinajstić information content (AvgIpc) is 3.31. The number of carbonyl (C=O) groups excluding carboxylic acids is 1. The fourth-order valence-corrected chi connectivity index (χ4v) is 5.35. The normalized spacial score (nSPS) is 16.8. The Bertz CT molecular complexity index is 1310. The molecule has 3 N–H and O–H groups in total. The summed E-state index contributed by atoms with van der Waals surface area (Å²) in [7, 11) is 0. The maximum atomic E-state index is 13.3. The van der Waals surface area contributed by atoms with Crippen LogP contribution < -0.4 is 11.1 Å². The molecule has 2 aliphatic rings. The van der Waals surface area contributed by atoms with Crippen LogP contribution in [0.25, 0.3) is 11.3 Å². The number of hydrogen-bond acceptors (Lipinski definition) is 4. The smallest absolute Gasteiger partial charge is 0.383 e. The number of halogens is 4. The molecule has 184 valence electrons. The van der Waals surface area contributed by atoms with Crippen LogP contribution in [0.15, 0.2) is 42.6 Å². The Balaban J connectivity index is 1.32. The van der Waals surface area contributed by atoms with Gasteiger partial charge in [-0.3, -0.25) is 4.68 Å². The first kappa shape index (κ1) is 23.5. The molecular formula is C24H24ClF3N6O. The quantitative estimate of drug-likeness (QED) is 0.536. The lowest BCUT2D eigenvalue weighted by Gasteiger charge is -2.48. The lowest BCUT2D eigenvalue weighted by atomic mass is 9.76. The van der Waals surface area contributed by atoms with E-state index in [1.54, 1.807) is 17.0 Å². The second kappa shape index (κ2) is 7.87. The van der Waals surface area contributed by atoms with Crippen LogP contribution in [0, 0.1) is 0 Å². The van der Waals surface area contributed by atoms with Gasteiger partial charge >= 0.3 is 12.2 Å². The standard InChI is InChI=1S/C24H24ClF3N6O/c1-22(2,15-5-3-4-6-17(15)25)31-21(35)33-12-23(13-33)7-8-34-19(23)10-18(32-34)14-9-16(24(26,27)28)20(29)30-11-14/h3-6,9-11H,7-8,12-13H2,1-2H3,(H2,29,30)(H,31,35). The number of carbonyl (C=O) groups is 1. The minimum Gasteiger partial charge on any atom is -0.383 e. The minimum absolute atomic E-state index is 0.198. The van der Waals surface area contributed by atoms with Gasteiger partial charge in [-0.1, -0.05) is 29.8 Å². The summed E-state index contributed by atoms with van der Waals surface area (Å²) in [6.07, 6.45) is -2.50. The molecule has 1 saturated heterocycles. The van der Waals surface area contributed by atoms with Crippen molar-refractivity contribution in [2.45, 2.75) is 43.9 Å². The average molecular weight is 505 g/mol. The van der Waals surface area contributed by atoms with Crippen molar-refractivity contribution in [3.63, 3.8) is 0 Å². The number of alkyl halides is 3. The molecule has 1 aromatic carbocycles. The third kappa shape index (κ3) is 3.99. The van der Waals surface area contributed by atoms with Gasteiger partial charge in [0.05, 0.1) is 16.8 Å². The Hall–Kier alpha value is -3.27. The predicted molar refractivity (Wildman–Crippen MR) is 126 cm³/mol. The fraction of sp³-hybridized carbons (Fsp3) is 0.375. The van der Waals surface area contributed by atoms with Crippen LogP contribution in [-0.4, -0.2) is 38.8 Å². The van der Waals surface area contributed by atoms with Crippen LogP contribution in [0.3, 0.4) is 0 Å². The number of nitrogens with two attached hydrogens (primary N) is 1. The molecule has 35 heavy (non-hydrogen) atoms. The van der Waals surface area contributed by atoms with Gasteiger partial charge in [0.1, 0.15) is 5.82 Å². The van der Waals surface area contributed by atoms with E-state index < -0.39 is 23.1 Å². The summed E-state index contributed by atoms with van der Waals surface area (Å²) in [6, 6.07) is 9.96. The van der Waals surface area contributed by atoms with Gasteiger partial charge in [-0.15, -0.1) is 0 Å². The van der Waals surface area contributed by atoms with Crippen molar-refractivity contribution in [3.05, 3.63) is 64.4 Å². The first-order chi connectivity index (χ1) is 16.4. The summed E-state index contributed by atoms with van der Waals surface area (Å²) in [5.41, 5.74) is 5.89. The van der Waals surface area contributed by atoms with Crippen molar-refractivity contribution >= 4 is 23.4 Å². The van der Waals surface area contributed by atoms with Crippen LogP contribution in [0.4, 0.5) is 23.8 Å². The number of hydrogen-bond donors (Lipinski definition) is 2. The minimum atomic E-state index is -4.60. The number of likely N-dealkylation sites (tertiary alicyclic amines) is 1. The van der Waals surface area contributed by atoms with Gasteiger partial charge in [-0.05, 0) is 44.0 Å². The molecule has 3 aromatic rings. The predicted octanol–water partition coefficient (Wildman–Crippen LogP) is 4.80. The molecule has 2 aliphatic heterocycles. The van der Waals surface area contributed by atoms with Gasteiger partial charge in [0, 0.05) is 47.5 Å². The summed E-state index contributed by atoms with van der Waals surface area (Å²) in [5.74, 6) is -0.565. The highest BCUT2D eigenvalue weighted by Crippen LogP contribution is 2.44. The van der Waals surface area contributed by atoms with E-state index in [-0.39, 0.29) is 17.0 Å². The van der Waals surface area contributed by atoms with Crippen LogP contribution in [0.5, 0.6) is 0 Å². The number of aryl methyl sites for hydroxylation is 1. The van der Waals surface area contributed by atoms with Gasteiger partial charge in [-0.2, -0.15) is 18.3 Å². The molecule has 2 amide bonds. The molecule has 0 radical (unpaired) electrons. The van der Waals surface area contributed by atoms with Crippen molar-refractivity contribution in [3.8, 4) is 11.3 Å². The van der Waals surface area contributed by atoms with Gasteiger partial charge in [0.2, 0.25) is 0 Å². The largest absolute Gasteiger partial charge is 0.419 e. The van der Waals surface area contributed by atoms with Crippen LogP contribution in [-0.2, 0) is 23.7 Å². The molecule has 0 bridgehead atoms. The number of urea groups is 1.